The molecule has 0 saturated carbocycles. The number of nitrogen functional groups attached to an aromatic ring is 1. The van der Waals surface area contributed by atoms with E-state index < -0.39 is 10.0 Å². The molecular weight excluding hydrogens is 279 g/mol. The minimum Gasteiger partial charge on any atom is -0.399 e. The van der Waals surface area contributed by atoms with E-state index in [2.05, 4.69) is 4.72 Å². The summed E-state index contributed by atoms with van der Waals surface area (Å²) in [6.45, 7) is 3.24. The van der Waals surface area contributed by atoms with Crippen molar-refractivity contribution in [1.82, 2.24) is 0 Å². The van der Waals surface area contributed by atoms with Crippen LogP contribution in [-0.4, -0.2) is 8.42 Å². The van der Waals surface area contributed by atoms with Gasteiger partial charge in [0.1, 0.15) is 5.82 Å². The third-order valence-corrected chi connectivity index (χ3v) is 4.44. The molecular formula is C14H15FN2O2S. The maximum atomic E-state index is 13.2. The average molecular weight is 294 g/mol. The van der Waals surface area contributed by atoms with Gasteiger partial charge in [0.2, 0.25) is 0 Å². The molecule has 2 aromatic rings. The Morgan fingerprint density at radius 1 is 1.05 bits per heavy atom. The van der Waals surface area contributed by atoms with Crippen LogP contribution in [0.5, 0.6) is 0 Å². The van der Waals surface area contributed by atoms with Crippen molar-refractivity contribution in [2.24, 2.45) is 0 Å². The first-order chi connectivity index (χ1) is 9.29. The van der Waals surface area contributed by atoms with Gasteiger partial charge in [0.25, 0.3) is 10.0 Å². The average Bonchev–Trinajstić information content (AvgIpc) is 2.33. The zero-order valence-corrected chi connectivity index (χ0v) is 12.0. The third-order valence-electron chi connectivity index (χ3n) is 2.90. The summed E-state index contributed by atoms with van der Waals surface area (Å²) in [5, 5.41) is 0. The smallest absolute Gasteiger partial charge is 0.262 e. The van der Waals surface area contributed by atoms with E-state index in [4.69, 9.17) is 5.73 Å². The van der Waals surface area contributed by atoms with E-state index in [0.717, 1.165) is 0 Å². The fraction of sp³-hybridized carbons (Fsp3) is 0.143. The van der Waals surface area contributed by atoms with Crippen LogP contribution in [0.4, 0.5) is 15.8 Å². The number of nitrogens with two attached hydrogens (primary N) is 1. The molecule has 0 saturated heterocycles. The Labute approximate surface area is 117 Å². The predicted molar refractivity (Wildman–Crippen MR) is 77.5 cm³/mol. The van der Waals surface area contributed by atoms with Crippen LogP contribution in [0.3, 0.4) is 0 Å². The highest BCUT2D eigenvalue weighted by Crippen LogP contribution is 2.22. The Kier molecular flexibility index (Phi) is 3.67. The van der Waals surface area contributed by atoms with Gasteiger partial charge in [-0.25, -0.2) is 12.8 Å². The summed E-state index contributed by atoms with van der Waals surface area (Å²) >= 11 is 0. The molecule has 0 unspecified atom stereocenters. The second-order valence-electron chi connectivity index (χ2n) is 4.59. The molecule has 0 aliphatic heterocycles. The molecule has 0 atom stereocenters. The molecule has 106 valence electrons. The van der Waals surface area contributed by atoms with Crippen molar-refractivity contribution in [3.05, 3.63) is 53.3 Å². The molecule has 2 rings (SSSR count). The van der Waals surface area contributed by atoms with Gasteiger partial charge in [-0.05, 0) is 61.4 Å². The highest BCUT2D eigenvalue weighted by atomic mass is 32.2. The van der Waals surface area contributed by atoms with Crippen molar-refractivity contribution >= 4 is 21.4 Å². The van der Waals surface area contributed by atoms with E-state index in [1.165, 1.54) is 30.3 Å². The molecule has 6 heteroatoms. The molecule has 0 fully saturated rings. The summed E-state index contributed by atoms with van der Waals surface area (Å²) in [7, 11) is -3.72. The molecule has 0 bridgehead atoms. The van der Waals surface area contributed by atoms with Crippen LogP contribution >= 0.6 is 0 Å². The first-order valence-electron chi connectivity index (χ1n) is 5.95. The second-order valence-corrected chi connectivity index (χ2v) is 6.25. The summed E-state index contributed by atoms with van der Waals surface area (Å²) in [5.41, 5.74) is 7.35. The third kappa shape index (κ3) is 2.91. The summed E-state index contributed by atoms with van der Waals surface area (Å²) in [6, 6.07) is 8.61. The van der Waals surface area contributed by atoms with Crippen LogP contribution in [0.2, 0.25) is 0 Å². The number of hydrogen-bond donors (Lipinski definition) is 2. The van der Waals surface area contributed by atoms with E-state index in [1.54, 1.807) is 19.9 Å². The maximum Gasteiger partial charge on any atom is 0.262 e. The van der Waals surface area contributed by atoms with Gasteiger partial charge in [-0.2, -0.15) is 0 Å². The highest BCUT2D eigenvalue weighted by molar-refractivity contribution is 7.92. The van der Waals surface area contributed by atoms with E-state index >= 15 is 0 Å². The van der Waals surface area contributed by atoms with E-state index in [1.807, 2.05) is 0 Å². The van der Waals surface area contributed by atoms with E-state index in [0.29, 0.717) is 22.5 Å². The van der Waals surface area contributed by atoms with Crippen LogP contribution in [0.15, 0.2) is 41.3 Å². The predicted octanol–water partition coefficient (Wildman–Crippen LogP) is 2.83. The Hall–Kier alpha value is -2.08. The van der Waals surface area contributed by atoms with Gasteiger partial charge in [0.15, 0.2) is 0 Å². The van der Waals surface area contributed by atoms with Gasteiger partial charge in [-0.3, -0.25) is 4.72 Å². The zero-order chi connectivity index (χ0) is 14.9. The Morgan fingerprint density at radius 2 is 1.75 bits per heavy atom. The molecule has 0 aliphatic rings. The van der Waals surface area contributed by atoms with Gasteiger partial charge < -0.3 is 5.73 Å². The largest absolute Gasteiger partial charge is 0.399 e. The van der Waals surface area contributed by atoms with Crippen molar-refractivity contribution in [3.8, 4) is 0 Å². The van der Waals surface area contributed by atoms with Gasteiger partial charge in [0.05, 0.1) is 4.90 Å². The van der Waals surface area contributed by atoms with Crippen molar-refractivity contribution in [1.29, 1.82) is 0 Å². The minimum absolute atomic E-state index is 0.147. The van der Waals surface area contributed by atoms with Gasteiger partial charge >= 0.3 is 0 Å². The molecule has 0 amide bonds. The lowest BCUT2D eigenvalue weighted by atomic mass is 10.2. The normalized spacial score (nSPS) is 11.3. The zero-order valence-electron chi connectivity index (χ0n) is 11.1. The van der Waals surface area contributed by atoms with Crippen LogP contribution in [0, 0.1) is 19.7 Å². The van der Waals surface area contributed by atoms with Gasteiger partial charge in [0, 0.05) is 11.4 Å². The molecule has 0 spiro atoms. The number of anilines is 2. The fourth-order valence-electron chi connectivity index (χ4n) is 1.89. The topological polar surface area (TPSA) is 72.2 Å². The summed E-state index contributed by atoms with van der Waals surface area (Å²) in [6.07, 6.45) is 0. The number of sulfonamides is 1. The molecule has 0 radical (unpaired) electrons. The molecule has 0 heterocycles. The molecule has 0 aromatic heterocycles. The standard InChI is InChI=1S/C14H15FN2O2S/c1-9-8-12(4-5-13(9)15)17-20(18,19)14-6-3-11(16)7-10(14)2/h3-8,17H,16H2,1-2H3. The number of aryl methyl sites for hydroxylation is 2. The highest BCUT2D eigenvalue weighted by Gasteiger charge is 2.17. The van der Waals surface area contributed by atoms with Crippen LogP contribution in [0.1, 0.15) is 11.1 Å². The van der Waals surface area contributed by atoms with Crippen molar-refractivity contribution in [3.63, 3.8) is 0 Å². The number of hydrogen-bond acceptors (Lipinski definition) is 3. The quantitative estimate of drug-likeness (QED) is 0.855. The molecule has 2 aromatic carbocycles. The Bertz CT molecular complexity index is 758. The SMILES string of the molecule is Cc1cc(NS(=O)(=O)c2ccc(N)cc2C)ccc1F. The van der Waals surface area contributed by atoms with Crippen LogP contribution in [0.25, 0.3) is 0 Å². The number of halogens is 1. The number of nitrogens with one attached hydrogen (secondary N) is 1. The molecule has 0 aliphatic carbocycles. The number of benzene rings is 2. The lowest BCUT2D eigenvalue weighted by Gasteiger charge is -2.11. The van der Waals surface area contributed by atoms with Crippen molar-refractivity contribution < 1.29 is 12.8 Å². The van der Waals surface area contributed by atoms with Gasteiger partial charge in [-0.1, -0.05) is 0 Å². The van der Waals surface area contributed by atoms with Crippen molar-refractivity contribution in [2.75, 3.05) is 10.5 Å². The Balaban J connectivity index is 2.38. The van der Waals surface area contributed by atoms with E-state index in [9.17, 15) is 12.8 Å². The van der Waals surface area contributed by atoms with Crippen LogP contribution < -0.4 is 10.5 Å². The number of rotatable bonds is 3. The van der Waals surface area contributed by atoms with Gasteiger partial charge in [-0.15, -0.1) is 0 Å². The molecule has 20 heavy (non-hydrogen) atoms. The summed E-state index contributed by atoms with van der Waals surface area (Å²) in [5.74, 6) is -0.378. The lowest BCUT2D eigenvalue weighted by Crippen LogP contribution is -2.14. The first-order valence-corrected chi connectivity index (χ1v) is 7.43. The Morgan fingerprint density at radius 3 is 2.35 bits per heavy atom. The minimum atomic E-state index is -3.72. The van der Waals surface area contributed by atoms with Crippen molar-refractivity contribution in [2.45, 2.75) is 18.7 Å². The molecule has 4 nitrogen and oxygen atoms in total. The lowest BCUT2D eigenvalue weighted by molar-refractivity contribution is 0.600. The monoisotopic (exact) mass is 294 g/mol. The summed E-state index contributed by atoms with van der Waals surface area (Å²) < 4.78 is 40.2. The van der Waals surface area contributed by atoms with E-state index in [-0.39, 0.29) is 10.7 Å². The maximum absolute atomic E-state index is 13.2. The van der Waals surface area contributed by atoms with Crippen LogP contribution in [-0.2, 0) is 10.0 Å². The first kappa shape index (κ1) is 14.3. The summed E-state index contributed by atoms with van der Waals surface area (Å²) in [4.78, 5) is 0.147. The fourth-order valence-corrected chi connectivity index (χ4v) is 3.17. The molecule has 3 N–H and O–H groups in total. The second kappa shape index (κ2) is 5.13.